The quantitative estimate of drug-likeness (QED) is 0.847. The Hall–Kier alpha value is -1.22. The van der Waals surface area contributed by atoms with Crippen LogP contribution in [0.1, 0.15) is 41.6 Å². The van der Waals surface area contributed by atoms with Crippen LogP contribution in [0.15, 0.2) is 17.0 Å². The largest absolute Gasteiger partial charge is 0.403 e. The first-order chi connectivity index (χ1) is 10.4. The molecular formula is C14H13F5O3S. The summed E-state index contributed by atoms with van der Waals surface area (Å²) >= 11 is 0. The highest BCUT2D eigenvalue weighted by molar-refractivity contribution is 7.91. The van der Waals surface area contributed by atoms with Crippen molar-refractivity contribution in [3.63, 3.8) is 0 Å². The van der Waals surface area contributed by atoms with Gasteiger partial charge in [-0.3, -0.25) is 0 Å². The number of fused-ring (bicyclic) bond motifs is 1. The molecule has 0 heterocycles. The summed E-state index contributed by atoms with van der Waals surface area (Å²) in [6.07, 6.45) is -6.75. The van der Waals surface area contributed by atoms with Gasteiger partial charge in [-0.05, 0) is 36.0 Å². The van der Waals surface area contributed by atoms with Crippen LogP contribution in [0.2, 0.25) is 0 Å². The molecule has 23 heavy (non-hydrogen) atoms. The molecule has 1 N–H and O–H groups in total. The van der Waals surface area contributed by atoms with Gasteiger partial charge in [-0.1, -0.05) is 6.07 Å². The number of aliphatic hydroxyl groups excluding tert-OH is 1. The number of hydrogen-bond acceptors (Lipinski definition) is 3. The molecule has 1 unspecified atom stereocenters. The molecule has 0 aliphatic heterocycles. The highest BCUT2D eigenvalue weighted by Gasteiger charge is 2.51. The van der Waals surface area contributed by atoms with Gasteiger partial charge in [-0.2, -0.15) is 13.2 Å². The summed E-state index contributed by atoms with van der Waals surface area (Å²) in [6, 6.07) is 2.21. The molecule has 0 aromatic heterocycles. The molecule has 0 saturated heterocycles. The number of aliphatic hydroxyl groups is 1. The predicted molar refractivity (Wildman–Crippen MR) is 70.1 cm³/mol. The third kappa shape index (κ3) is 2.96. The van der Waals surface area contributed by atoms with E-state index in [4.69, 9.17) is 0 Å². The molecule has 0 spiro atoms. The average Bonchev–Trinajstić information content (AvgIpc) is 3.14. The van der Waals surface area contributed by atoms with E-state index in [0.29, 0.717) is 5.56 Å². The van der Waals surface area contributed by atoms with E-state index < -0.39 is 50.7 Å². The predicted octanol–water partition coefficient (Wildman–Crippen LogP) is 3.12. The van der Waals surface area contributed by atoms with Gasteiger partial charge in [0.15, 0.2) is 15.6 Å². The van der Waals surface area contributed by atoms with E-state index in [1.165, 1.54) is 6.07 Å². The SMILES string of the molecule is O=S(=O)(CC(F)(F)F)c1ccc(C2CC2)c2c1C(O)C(F)(F)C2. The van der Waals surface area contributed by atoms with Crippen molar-refractivity contribution in [3.8, 4) is 0 Å². The van der Waals surface area contributed by atoms with E-state index in [1.54, 1.807) is 0 Å². The lowest BCUT2D eigenvalue weighted by Gasteiger charge is -2.17. The normalized spacial score (nSPS) is 23.8. The Morgan fingerprint density at radius 1 is 1.22 bits per heavy atom. The van der Waals surface area contributed by atoms with Crippen LogP contribution in [0.5, 0.6) is 0 Å². The van der Waals surface area contributed by atoms with E-state index in [-0.39, 0.29) is 11.5 Å². The summed E-state index contributed by atoms with van der Waals surface area (Å²) in [5, 5.41) is 9.78. The third-order valence-corrected chi connectivity index (χ3v) is 5.88. The molecule has 3 nitrogen and oxygen atoms in total. The van der Waals surface area contributed by atoms with Crippen molar-refractivity contribution in [2.24, 2.45) is 0 Å². The second kappa shape index (κ2) is 4.89. The van der Waals surface area contributed by atoms with E-state index in [9.17, 15) is 35.5 Å². The number of rotatable bonds is 3. The Morgan fingerprint density at radius 3 is 2.35 bits per heavy atom. The maximum atomic E-state index is 13.8. The molecule has 9 heteroatoms. The second-order valence-electron chi connectivity index (χ2n) is 6.03. The summed E-state index contributed by atoms with van der Waals surface area (Å²) in [5.74, 6) is -5.73. The molecule has 2 aliphatic carbocycles. The van der Waals surface area contributed by atoms with Gasteiger partial charge >= 0.3 is 6.18 Å². The molecule has 128 valence electrons. The molecule has 1 aromatic rings. The number of hydrogen-bond donors (Lipinski definition) is 1. The van der Waals surface area contributed by atoms with Crippen molar-refractivity contribution in [2.45, 2.75) is 48.3 Å². The zero-order chi connectivity index (χ0) is 17.2. The molecule has 0 radical (unpaired) electrons. The summed E-state index contributed by atoms with van der Waals surface area (Å²) in [4.78, 5) is -0.848. The van der Waals surface area contributed by atoms with Gasteiger partial charge in [-0.25, -0.2) is 17.2 Å². The second-order valence-corrected chi connectivity index (χ2v) is 7.99. The van der Waals surface area contributed by atoms with Crippen molar-refractivity contribution >= 4 is 9.84 Å². The number of sulfone groups is 1. The minimum atomic E-state index is -4.99. The minimum Gasteiger partial charge on any atom is -0.382 e. The topological polar surface area (TPSA) is 54.4 Å². The van der Waals surface area contributed by atoms with Crippen LogP contribution in [0.4, 0.5) is 22.0 Å². The first kappa shape index (κ1) is 16.6. The lowest BCUT2D eigenvalue weighted by Crippen LogP contribution is -2.25. The van der Waals surface area contributed by atoms with E-state index in [2.05, 4.69) is 0 Å². The van der Waals surface area contributed by atoms with Gasteiger partial charge in [0.25, 0.3) is 5.92 Å². The fourth-order valence-electron chi connectivity index (χ4n) is 3.04. The zero-order valence-corrected chi connectivity index (χ0v) is 12.5. The molecule has 1 fully saturated rings. The highest BCUT2D eigenvalue weighted by Crippen LogP contribution is 2.52. The van der Waals surface area contributed by atoms with Gasteiger partial charge in [0.1, 0.15) is 6.10 Å². The Bertz CT molecular complexity index is 750. The summed E-state index contributed by atoms with van der Waals surface area (Å²) in [6.45, 7) is 0. The minimum absolute atomic E-state index is 0.00391. The fraction of sp³-hybridized carbons (Fsp3) is 0.571. The maximum Gasteiger partial charge on any atom is 0.403 e. The van der Waals surface area contributed by atoms with E-state index >= 15 is 0 Å². The maximum absolute atomic E-state index is 13.8. The van der Waals surface area contributed by atoms with Crippen molar-refractivity contribution in [2.75, 3.05) is 5.75 Å². The monoisotopic (exact) mass is 356 g/mol. The molecule has 3 rings (SSSR count). The van der Waals surface area contributed by atoms with Crippen LogP contribution in [-0.4, -0.2) is 31.4 Å². The highest BCUT2D eigenvalue weighted by atomic mass is 32.2. The summed E-state index contributed by atoms with van der Waals surface area (Å²) < 4.78 is 89.0. The lowest BCUT2D eigenvalue weighted by molar-refractivity contribution is -0.106. The van der Waals surface area contributed by atoms with Crippen molar-refractivity contribution in [1.82, 2.24) is 0 Å². The molecular weight excluding hydrogens is 343 g/mol. The third-order valence-electron chi connectivity index (χ3n) is 4.15. The van der Waals surface area contributed by atoms with Gasteiger partial charge in [0.2, 0.25) is 0 Å². The van der Waals surface area contributed by atoms with Crippen LogP contribution in [-0.2, 0) is 16.3 Å². The Kier molecular flexibility index (Phi) is 3.54. The van der Waals surface area contributed by atoms with E-state index in [0.717, 1.165) is 18.9 Å². The molecule has 2 aliphatic rings. The van der Waals surface area contributed by atoms with Gasteiger partial charge in [0.05, 0.1) is 4.90 Å². The smallest absolute Gasteiger partial charge is 0.382 e. The first-order valence-corrected chi connectivity index (χ1v) is 8.59. The number of halogens is 5. The van der Waals surface area contributed by atoms with Crippen LogP contribution in [0.3, 0.4) is 0 Å². The molecule has 1 aromatic carbocycles. The van der Waals surface area contributed by atoms with Gasteiger partial charge < -0.3 is 5.11 Å². The molecule has 1 saturated carbocycles. The Labute approximate surface area is 129 Å². The van der Waals surface area contributed by atoms with Gasteiger partial charge in [0, 0.05) is 12.0 Å². The summed E-state index contributed by atoms with van der Waals surface area (Å²) in [5.41, 5.74) is -0.0842. The van der Waals surface area contributed by atoms with Crippen LogP contribution in [0.25, 0.3) is 0 Å². The molecule has 0 amide bonds. The first-order valence-electron chi connectivity index (χ1n) is 6.93. The van der Waals surface area contributed by atoms with Crippen LogP contribution < -0.4 is 0 Å². The molecule has 0 bridgehead atoms. The van der Waals surface area contributed by atoms with Crippen molar-refractivity contribution < 1.29 is 35.5 Å². The standard InChI is InChI=1S/C14H13F5O3S/c15-13(16)5-9-8(7-1-2-7)3-4-10(11(9)12(13)20)23(21,22)6-14(17,18)19/h3-4,7,12,20H,1-2,5-6H2. The average molecular weight is 356 g/mol. The lowest BCUT2D eigenvalue weighted by atomic mass is 9.99. The van der Waals surface area contributed by atoms with Crippen molar-refractivity contribution in [1.29, 1.82) is 0 Å². The van der Waals surface area contributed by atoms with Gasteiger partial charge in [-0.15, -0.1) is 0 Å². The summed E-state index contributed by atoms with van der Waals surface area (Å²) in [7, 11) is -4.87. The molecule has 1 atom stereocenters. The fourth-order valence-corrected chi connectivity index (χ4v) is 4.47. The number of benzene rings is 1. The van der Waals surface area contributed by atoms with Crippen LogP contribution in [0, 0.1) is 0 Å². The van der Waals surface area contributed by atoms with Crippen molar-refractivity contribution in [3.05, 3.63) is 28.8 Å². The number of alkyl halides is 5. The van der Waals surface area contributed by atoms with E-state index in [1.807, 2.05) is 0 Å². The zero-order valence-electron chi connectivity index (χ0n) is 11.7. The van der Waals surface area contributed by atoms with Crippen LogP contribution >= 0.6 is 0 Å². The Balaban J connectivity index is 2.16. The Morgan fingerprint density at radius 2 is 1.83 bits per heavy atom.